The van der Waals surface area contributed by atoms with E-state index in [-0.39, 0.29) is 5.91 Å². The number of para-hydroxylation sites is 1. The van der Waals surface area contributed by atoms with E-state index in [2.05, 4.69) is 38.1 Å². The SMILES string of the molecule is Cc1[nH]c2ccccc2c1/C=N/NC(=O)c1ccccc1I. The Bertz CT molecular complexity index is 867. The van der Waals surface area contributed by atoms with E-state index in [1.165, 1.54) is 0 Å². The molecule has 110 valence electrons. The van der Waals surface area contributed by atoms with E-state index in [1.807, 2.05) is 49.4 Å². The zero-order chi connectivity index (χ0) is 15.5. The van der Waals surface area contributed by atoms with E-state index in [1.54, 1.807) is 12.3 Å². The lowest BCUT2D eigenvalue weighted by Crippen LogP contribution is -2.18. The number of benzene rings is 2. The zero-order valence-electron chi connectivity index (χ0n) is 11.9. The highest BCUT2D eigenvalue weighted by atomic mass is 127. The molecule has 0 aliphatic carbocycles. The lowest BCUT2D eigenvalue weighted by molar-refractivity contribution is 0.0954. The van der Waals surface area contributed by atoms with Crippen molar-refractivity contribution in [3.8, 4) is 0 Å². The van der Waals surface area contributed by atoms with Gasteiger partial charge < -0.3 is 4.98 Å². The van der Waals surface area contributed by atoms with Crippen LogP contribution in [-0.4, -0.2) is 17.1 Å². The Morgan fingerprint density at radius 2 is 1.91 bits per heavy atom. The number of aryl methyl sites for hydroxylation is 1. The van der Waals surface area contributed by atoms with Crippen molar-refractivity contribution in [3.63, 3.8) is 0 Å². The largest absolute Gasteiger partial charge is 0.358 e. The molecule has 22 heavy (non-hydrogen) atoms. The number of fused-ring (bicyclic) bond motifs is 1. The quantitative estimate of drug-likeness (QED) is 0.390. The molecule has 0 saturated carbocycles. The van der Waals surface area contributed by atoms with Crippen molar-refractivity contribution in [2.45, 2.75) is 6.92 Å². The summed E-state index contributed by atoms with van der Waals surface area (Å²) in [6.07, 6.45) is 1.68. The van der Waals surface area contributed by atoms with Gasteiger partial charge in [-0.15, -0.1) is 0 Å². The van der Waals surface area contributed by atoms with Crippen LogP contribution in [-0.2, 0) is 0 Å². The molecule has 1 aromatic heterocycles. The number of amides is 1. The van der Waals surface area contributed by atoms with E-state index in [0.29, 0.717) is 5.56 Å². The number of hydrogen-bond donors (Lipinski definition) is 2. The summed E-state index contributed by atoms with van der Waals surface area (Å²) in [6.45, 7) is 1.99. The van der Waals surface area contributed by atoms with Gasteiger partial charge in [-0.25, -0.2) is 5.43 Å². The Morgan fingerprint density at radius 1 is 1.18 bits per heavy atom. The van der Waals surface area contributed by atoms with E-state index >= 15 is 0 Å². The molecule has 0 unspecified atom stereocenters. The number of rotatable bonds is 3. The third-order valence-corrected chi connectivity index (χ3v) is 4.36. The number of aromatic amines is 1. The summed E-state index contributed by atoms with van der Waals surface area (Å²) in [7, 11) is 0. The summed E-state index contributed by atoms with van der Waals surface area (Å²) in [4.78, 5) is 15.4. The van der Waals surface area contributed by atoms with Crippen molar-refractivity contribution >= 4 is 45.6 Å². The van der Waals surface area contributed by atoms with Gasteiger partial charge in [0.2, 0.25) is 0 Å². The van der Waals surface area contributed by atoms with Gasteiger partial charge in [-0.2, -0.15) is 5.10 Å². The highest BCUT2D eigenvalue weighted by Crippen LogP contribution is 2.19. The van der Waals surface area contributed by atoms with Gasteiger partial charge in [0.15, 0.2) is 0 Å². The van der Waals surface area contributed by atoms with Crippen molar-refractivity contribution < 1.29 is 4.79 Å². The first-order chi connectivity index (χ1) is 10.7. The second-order valence-corrected chi connectivity index (χ2v) is 6.05. The van der Waals surface area contributed by atoms with Crippen molar-refractivity contribution in [1.82, 2.24) is 10.4 Å². The van der Waals surface area contributed by atoms with Crippen LogP contribution in [0, 0.1) is 10.5 Å². The zero-order valence-corrected chi connectivity index (χ0v) is 14.1. The molecule has 3 rings (SSSR count). The van der Waals surface area contributed by atoms with Crippen LogP contribution in [0.5, 0.6) is 0 Å². The molecule has 1 amide bonds. The van der Waals surface area contributed by atoms with Gasteiger partial charge in [0.05, 0.1) is 11.8 Å². The second-order valence-electron chi connectivity index (χ2n) is 4.89. The Morgan fingerprint density at radius 3 is 2.73 bits per heavy atom. The number of hydrazone groups is 1. The van der Waals surface area contributed by atoms with Gasteiger partial charge >= 0.3 is 0 Å². The maximum absolute atomic E-state index is 12.1. The van der Waals surface area contributed by atoms with Crippen LogP contribution >= 0.6 is 22.6 Å². The standard InChI is InChI=1S/C17H14IN3O/c1-11-14(12-6-3-5-9-16(12)20-11)10-19-21-17(22)13-7-2-4-8-15(13)18/h2-10,20H,1H3,(H,21,22)/b19-10+. The van der Waals surface area contributed by atoms with Gasteiger partial charge in [0, 0.05) is 25.7 Å². The first kappa shape index (κ1) is 14.8. The third kappa shape index (κ3) is 2.89. The lowest BCUT2D eigenvalue weighted by atomic mass is 10.1. The van der Waals surface area contributed by atoms with Gasteiger partial charge in [0.25, 0.3) is 5.91 Å². The van der Waals surface area contributed by atoms with Gasteiger partial charge in [-0.1, -0.05) is 30.3 Å². The average molecular weight is 403 g/mol. The molecule has 2 aromatic carbocycles. The number of hydrogen-bond acceptors (Lipinski definition) is 2. The molecule has 1 heterocycles. The molecular weight excluding hydrogens is 389 g/mol. The molecule has 3 aromatic rings. The second kappa shape index (κ2) is 6.31. The van der Waals surface area contributed by atoms with Crippen molar-refractivity contribution in [1.29, 1.82) is 0 Å². The monoisotopic (exact) mass is 403 g/mol. The fourth-order valence-corrected chi connectivity index (χ4v) is 2.96. The minimum Gasteiger partial charge on any atom is -0.358 e. The first-order valence-electron chi connectivity index (χ1n) is 6.82. The van der Waals surface area contributed by atoms with Crippen LogP contribution in [0.1, 0.15) is 21.6 Å². The molecule has 0 spiro atoms. The van der Waals surface area contributed by atoms with Gasteiger partial charge in [-0.05, 0) is 47.7 Å². The number of halogens is 1. The average Bonchev–Trinajstić information content (AvgIpc) is 2.83. The van der Waals surface area contributed by atoms with Crippen LogP contribution in [0.4, 0.5) is 0 Å². The third-order valence-electron chi connectivity index (χ3n) is 3.42. The topological polar surface area (TPSA) is 57.2 Å². The molecule has 0 aliphatic rings. The first-order valence-corrected chi connectivity index (χ1v) is 7.90. The highest BCUT2D eigenvalue weighted by Gasteiger charge is 2.08. The van der Waals surface area contributed by atoms with Crippen molar-refractivity contribution in [2.24, 2.45) is 5.10 Å². The molecule has 2 N–H and O–H groups in total. The van der Waals surface area contributed by atoms with Crippen LogP contribution in [0.2, 0.25) is 0 Å². The maximum Gasteiger partial charge on any atom is 0.272 e. The number of carbonyl (C=O) groups excluding carboxylic acids is 1. The van der Waals surface area contributed by atoms with E-state index in [0.717, 1.165) is 25.7 Å². The summed E-state index contributed by atoms with van der Waals surface area (Å²) in [5.41, 5.74) is 6.27. The number of aromatic nitrogens is 1. The van der Waals surface area contributed by atoms with Crippen LogP contribution in [0.25, 0.3) is 10.9 Å². The Kier molecular flexibility index (Phi) is 4.24. The predicted molar refractivity (Wildman–Crippen MR) is 97.3 cm³/mol. The van der Waals surface area contributed by atoms with Crippen molar-refractivity contribution in [3.05, 3.63) is 68.9 Å². The minimum absolute atomic E-state index is 0.209. The Balaban J connectivity index is 1.81. The Labute approximate surface area is 141 Å². The van der Waals surface area contributed by atoms with Crippen molar-refractivity contribution in [2.75, 3.05) is 0 Å². The molecular formula is C17H14IN3O. The number of nitrogens with zero attached hydrogens (tertiary/aromatic N) is 1. The number of H-pyrrole nitrogens is 1. The summed E-state index contributed by atoms with van der Waals surface area (Å²) in [6, 6.07) is 15.4. The minimum atomic E-state index is -0.209. The summed E-state index contributed by atoms with van der Waals surface area (Å²) in [5.74, 6) is -0.209. The van der Waals surface area contributed by atoms with Crippen LogP contribution in [0.15, 0.2) is 53.6 Å². The number of carbonyl (C=O) groups is 1. The smallest absolute Gasteiger partial charge is 0.272 e. The van der Waals surface area contributed by atoms with Gasteiger partial charge in [0.1, 0.15) is 0 Å². The molecule has 0 saturated heterocycles. The lowest BCUT2D eigenvalue weighted by Gasteiger charge is -2.02. The van der Waals surface area contributed by atoms with Crippen LogP contribution < -0.4 is 5.43 Å². The molecule has 0 atom stereocenters. The predicted octanol–water partition coefficient (Wildman–Crippen LogP) is 3.84. The molecule has 0 radical (unpaired) electrons. The fraction of sp³-hybridized carbons (Fsp3) is 0.0588. The highest BCUT2D eigenvalue weighted by molar-refractivity contribution is 14.1. The molecule has 5 heteroatoms. The Hall–Kier alpha value is -2.15. The van der Waals surface area contributed by atoms with E-state index in [4.69, 9.17) is 0 Å². The van der Waals surface area contributed by atoms with Crippen LogP contribution in [0.3, 0.4) is 0 Å². The molecule has 0 fully saturated rings. The molecule has 0 bridgehead atoms. The van der Waals surface area contributed by atoms with E-state index in [9.17, 15) is 4.79 Å². The fourth-order valence-electron chi connectivity index (χ4n) is 2.33. The summed E-state index contributed by atoms with van der Waals surface area (Å²) in [5, 5.41) is 5.18. The maximum atomic E-state index is 12.1. The number of nitrogens with one attached hydrogen (secondary N) is 2. The summed E-state index contributed by atoms with van der Waals surface area (Å²) >= 11 is 2.14. The normalized spacial score (nSPS) is 11.2. The van der Waals surface area contributed by atoms with Gasteiger partial charge in [-0.3, -0.25) is 4.79 Å². The molecule has 0 aliphatic heterocycles. The molecule has 4 nitrogen and oxygen atoms in total. The summed E-state index contributed by atoms with van der Waals surface area (Å²) < 4.78 is 0.899. The van der Waals surface area contributed by atoms with E-state index < -0.39 is 0 Å².